The Kier molecular flexibility index (Phi) is 4.10. The van der Waals surface area contributed by atoms with Crippen LogP contribution in [0.3, 0.4) is 0 Å². The summed E-state index contributed by atoms with van der Waals surface area (Å²) in [6, 6.07) is 2.64. The van der Waals surface area contributed by atoms with Crippen LogP contribution < -0.4 is 4.90 Å². The second kappa shape index (κ2) is 6.17. The van der Waals surface area contributed by atoms with Crippen molar-refractivity contribution in [1.82, 2.24) is 25.0 Å². The summed E-state index contributed by atoms with van der Waals surface area (Å²) in [5.74, 6) is 1.67. The monoisotopic (exact) mass is 288 g/mol. The van der Waals surface area contributed by atoms with E-state index in [0.29, 0.717) is 11.9 Å². The van der Waals surface area contributed by atoms with Gasteiger partial charge in [-0.15, -0.1) is 0 Å². The number of aromatic nitrogens is 4. The molecule has 0 N–H and O–H groups in total. The molecule has 0 radical (unpaired) electrons. The maximum Gasteiger partial charge on any atom is 0.243 e. The topological polar surface area (TPSA) is 71.2 Å². The molecule has 1 fully saturated rings. The van der Waals surface area contributed by atoms with Gasteiger partial charge in [0.1, 0.15) is 12.1 Å². The standard InChI is InChI=1S/C14H20N6O/c1-11(14-17-10-18-21-14)20-7-4-12(5-8-20)19(2)13-3-6-15-9-16-13/h3,6,9-12H,4-5,7-8H2,1-2H3. The minimum absolute atomic E-state index is 0.179. The average molecular weight is 288 g/mol. The Morgan fingerprint density at radius 3 is 2.71 bits per heavy atom. The third-order valence-electron chi connectivity index (χ3n) is 4.26. The third kappa shape index (κ3) is 3.02. The first-order valence-corrected chi connectivity index (χ1v) is 7.25. The van der Waals surface area contributed by atoms with Gasteiger partial charge in [-0.05, 0) is 25.8 Å². The zero-order valence-electron chi connectivity index (χ0n) is 12.4. The molecule has 0 spiro atoms. The molecule has 1 atom stereocenters. The van der Waals surface area contributed by atoms with Gasteiger partial charge in [0.25, 0.3) is 0 Å². The molecule has 0 saturated carbocycles. The summed E-state index contributed by atoms with van der Waals surface area (Å²) in [5, 5.41) is 3.69. The van der Waals surface area contributed by atoms with Crippen molar-refractivity contribution in [3.05, 3.63) is 30.8 Å². The summed E-state index contributed by atoms with van der Waals surface area (Å²) in [4.78, 5) is 17.1. The van der Waals surface area contributed by atoms with Crippen LogP contribution in [0.5, 0.6) is 0 Å². The summed E-state index contributed by atoms with van der Waals surface area (Å²) in [5.41, 5.74) is 0. The van der Waals surface area contributed by atoms with E-state index in [1.54, 1.807) is 12.5 Å². The van der Waals surface area contributed by atoms with Gasteiger partial charge in [-0.1, -0.05) is 5.16 Å². The minimum atomic E-state index is 0.179. The van der Waals surface area contributed by atoms with Gasteiger partial charge in [-0.25, -0.2) is 9.97 Å². The van der Waals surface area contributed by atoms with Crippen molar-refractivity contribution >= 4 is 5.82 Å². The predicted molar refractivity (Wildman–Crippen MR) is 77.7 cm³/mol. The van der Waals surface area contributed by atoms with Gasteiger partial charge < -0.3 is 9.42 Å². The molecule has 112 valence electrons. The summed E-state index contributed by atoms with van der Waals surface area (Å²) in [6.45, 7) is 4.15. The van der Waals surface area contributed by atoms with Crippen molar-refractivity contribution < 1.29 is 4.52 Å². The number of hydrogen-bond acceptors (Lipinski definition) is 7. The van der Waals surface area contributed by atoms with Crippen molar-refractivity contribution in [2.75, 3.05) is 25.0 Å². The van der Waals surface area contributed by atoms with E-state index in [9.17, 15) is 0 Å². The normalized spacial score (nSPS) is 18.6. The number of likely N-dealkylation sites (tertiary alicyclic amines) is 1. The Morgan fingerprint density at radius 2 is 2.10 bits per heavy atom. The van der Waals surface area contributed by atoms with Gasteiger partial charge >= 0.3 is 0 Å². The SMILES string of the molecule is CC(c1ncno1)N1CCC(N(C)c2ccncn2)CC1. The smallest absolute Gasteiger partial charge is 0.243 e. The Balaban J connectivity index is 1.58. The molecule has 7 nitrogen and oxygen atoms in total. The highest BCUT2D eigenvalue weighted by Crippen LogP contribution is 2.25. The zero-order chi connectivity index (χ0) is 14.7. The Morgan fingerprint density at radius 1 is 1.29 bits per heavy atom. The van der Waals surface area contributed by atoms with Gasteiger partial charge in [0.15, 0.2) is 6.33 Å². The first kappa shape index (κ1) is 13.9. The largest absolute Gasteiger partial charge is 0.356 e. The van der Waals surface area contributed by atoms with Gasteiger partial charge in [-0.3, -0.25) is 4.90 Å². The lowest BCUT2D eigenvalue weighted by molar-refractivity contribution is 0.136. The summed E-state index contributed by atoms with van der Waals surface area (Å²) >= 11 is 0. The zero-order valence-corrected chi connectivity index (χ0v) is 12.4. The first-order valence-electron chi connectivity index (χ1n) is 7.25. The Bertz CT molecular complexity index is 538. The molecule has 1 unspecified atom stereocenters. The third-order valence-corrected chi connectivity index (χ3v) is 4.26. The second-order valence-corrected chi connectivity index (χ2v) is 5.40. The molecular formula is C14H20N6O. The number of rotatable bonds is 4. The van der Waals surface area contributed by atoms with Crippen molar-refractivity contribution in [3.63, 3.8) is 0 Å². The van der Waals surface area contributed by atoms with E-state index in [0.717, 1.165) is 31.7 Å². The highest BCUT2D eigenvalue weighted by Gasteiger charge is 2.28. The molecule has 21 heavy (non-hydrogen) atoms. The average Bonchev–Trinajstić information content (AvgIpc) is 3.09. The highest BCUT2D eigenvalue weighted by atomic mass is 16.5. The van der Waals surface area contributed by atoms with Crippen LogP contribution >= 0.6 is 0 Å². The molecule has 0 aromatic carbocycles. The van der Waals surface area contributed by atoms with Gasteiger partial charge in [-0.2, -0.15) is 4.98 Å². The van der Waals surface area contributed by atoms with E-state index in [1.807, 2.05) is 6.07 Å². The van der Waals surface area contributed by atoms with Crippen LogP contribution in [0.1, 0.15) is 31.7 Å². The van der Waals surface area contributed by atoms with Crippen molar-refractivity contribution in [2.24, 2.45) is 0 Å². The highest BCUT2D eigenvalue weighted by molar-refractivity contribution is 5.36. The fourth-order valence-corrected chi connectivity index (χ4v) is 2.86. The minimum Gasteiger partial charge on any atom is -0.356 e. The van der Waals surface area contributed by atoms with E-state index in [2.05, 4.69) is 43.9 Å². The molecule has 1 saturated heterocycles. The van der Waals surface area contributed by atoms with E-state index in [-0.39, 0.29) is 6.04 Å². The molecule has 1 aliphatic heterocycles. The van der Waals surface area contributed by atoms with Crippen LogP contribution in [0.4, 0.5) is 5.82 Å². The molecule has 1 aliphatic rings. The van der Waals surface area contributed by atoms with Crippen LogP contribution in [-0.4, -0.2) is 51.2 Å². The molecule has 0 amide bonds. The maximum absolute atomic E-state index is 5.16. The van der Waals surface area contributed by atoms with Gasteiger partial charge in [0.2, 0.25) is 5.89 Å². The number of hydrogen-bond donors (Lipinski definition) is 0. The maximum atomic E-state index is 5.16. The van der Waals surface area contributed by atoms with Crippen LogP contribution in [0, 0.1) is 0 Å². The van der Waals surface area contributed by atoms with Crippen molar-refractivity contribution in [3.8, 4) is 0 Å². The quantitative estimate of drug-likeness (QED) is 0.844. The number of nitrogens with zero attached hydrogens (tertiary/aromatic N) is 6. The molecule has 3 rings (SSSR count). The van der Waals surface area contributed by atoms with Gasteiger partial charge in [0.05, 0.1) is 6.04 Å². The van der Waals surface area contributed by atoms with E-state index in [4.69, 9.17) is 4.52 Å². The lowest BCUT2D eigenvalue weighted by Crippen LogP contribution is -2.44. The molecule has 0 aliphatic carbocycles. The van der Waals surface area contributed by atoms with Crippen molar-refractivity contribution in [1.29, 1.82) is 0 Å². The molecule has 2 aromatic heterocycles. The molecule has 3 heterocycles. The molecular weight excluding hydrogens is 268 g/mol. The van der Waals surface area contributed by atoms with Crippen LogP contribution in [0.25, 0.3) is 0 Å². The summed E-state index contributed by atoms with van der Waals surface area (Å²) < 4.78 is 5.16. The fraction of sp³-hybridized carbons (Fsp3) is 0.571. The summed E-state index contributed by atoms with van der Waals surface area (Å²) in [7, 11) is 2.10. The van der Waals surface area contributed by atoms with E-state index in [1.165, 1.54) is 6.33 Å². The second-order valence-electron chi connectivity index (χ2n) is 5.40. The van der Waals surface area contributed by atoms with Crippen LogP contribution in [-0.2, 0) is 0 Å². The van der Waals surface area contributed by atoms with Crippen LogP contribution in [0.15, 0.2) is 29.4 Å². The first-order chi connectivity index (χ1) is 10.3. The van der Waals surface area contributed by atoms with E-state index < -0.39 is 0 Å². The van der Waals surface area contributed by atoms with Crippen molar-refractivity contribution in [2.45, 2.75) is 31.8 Å². The number of piperidine rings is 1. The number of anilines is 1. The Labute approximate surface area is 124 Å². The lowest BCUT2D eigenvalue weighted by Gasteiger charge is -2.38. The predicted octanol–water partition coefficient (Wildman–Crippen LogP) is 1.52. The lowest BCUT2D eigenvalue weighted by atomic mass is 10.0. The molecule has 0 bridgehead atoms. The Hall–Kier alpha value is -2.02. The molecule has 2 aromatic rings. The summed E-state index contributed by atoms with van der Waals surface area (Å²) in [6.07, 6.45) is 7.03. The van der Waals surface area contributed by atoms with Gasteiger partial charge in [0, 0.05) is 32.4 Å². The van der Waals surface area contributed by atoms with E-state index >= 15 is 0 Å². The van der Waals surface area contributed by atoms with Crippen LogP contribution in [0.2, 0.25) is 0 Å². The fourth-order valence-electron chi connectivity index (χ4n) is 2.86. The molecule has 7 heteroatoms.